The van der Waals surface area contributed by atoms with Gasteiger partial charge in [0.1, 0.15) is 5.71 Å². The molecule has 1 saturated heterocycles. The number of rotatable bonds is 10. The molecule has 6 nitrogen and oxygen atoms in total. The van der Waals surface area contributed by atoms with Gasteiger partial charge in [-0.05, 0) is 51.3 Å². The summed E-state index contributed by atoms with van der Waals surface area (Å²) < 4.78 is 27.9. The second-order valence-corrected chi connectivity index (χ2v) is 11.7. The molecule has 3 rings (SSSR count). The molecule has 0 aromatic heterocycles. The van der Waals surface area contributed by atoms with E-state index in [0.29, 0.717) is 12.1 Å². The Bertz CT molecular complexity index is 1080. The van der Waals surface area contributed by atoms with Crippen molar-refractivity contribution < 1.29 is 13.2 Å². The third kappa shape index (κ3) is 6.13. The predicted octanol–water partition coefficient (Wildman–Crippen LogP) is 4.83. The molecule has 0 spiro atoms. The highest BCUT2D eigenvalue weighted by Crippen LogP contribution is 2.38. The summed E-state index contributed by atoms with van der Waals surface area (Å²) >= 11 is 0. The van der Waals surface area contributed by atoms with E-state index in [-0.39, 0.29) is 5.71 Å². The number of sulfonamides is 1. The van der Waals surface area contributed by atoms with Gasteiger partial charge in [-0.2, -0.15) is 0 Å². The molecule has 1 heterocycles. The van der Waals surface area contributed by atoms with Crippen molar-refractivity contribution in [2.45, 2.75) is 64.3 Å². The minimum atomic E-state index is -3.90. The topological polar surface area (TPSA) is 70.1 Å². The van der Waals surface area contributed by atoms with E-state index in [0.717, 1.165) is 43.2 Å². The zero-order valence-corrected chi connectivity index (χ0v) is 21.6. The molecule has 0 bridgehead atoms. The lowest BCUT2D eigenvalue weighted by molar-refractivity contribution is -0.122. The maximum absolute atomic E-state index is 13.4. The Hall–Kier alpha value is -2.51. The third-order valence-electron chi connectivity index (χ3n) is 5.91. The van der Waals surface area contributed by atoms with Crippen LogP contribution in [0.2, 0.25) is 0 Å². The van der Waals surface area contributed by atoms with Crippen LogP contribution in [-0.4, -0.2) is 54.4 Å². The first-order valence-corrected chi connectivity index (χ1v) is 13.6. The van der Waals surface area contributed by atoms with Crippen LogP contribution in [0.1, 0.15) is 63.3 Å². The smallest absolute Gasteiger partial charge is 0.283 e. The molecular weight excluding hydrogens is 446 g/mol. The number of carbonyl (C=O) groups is 1. The van der Waals surface area contributed by atoms with E-state index in [2.05, 4.69) is 41.1 Å². The number of carbonyl (C=O) groups excluding carboxylic acids is 1. The molecule has 2 aromatic carbocycles. The molecule has 1 aliphatic rings. The Morgan fingerprint density at radius 2 is 1.53 bits per heavy atom. The molecule has 2 aromatic rings. The summed E-state index contributed by atoms with van der Waals surface area (Å²) in [5.74, 6) is -0.506. The van der Waals surface area contributed by atoms with Crippen molar-refractivity contribution in [1.29, 1.82) is 0 Å². The average molecular weight is 484 g/mol. The molecule has 0 saturated carbocycles. The van der Waals surface area contributed by atoms with Gasteiger partial charge in [0.15, 0.2) is 5.25 Å². The number of unbranched alkanes of at least 4 members (excludes halogenated alkanes) is 1. The molecule has 1 unspecified atom stereocenters. The lowest BCUT2D eigenvalue weighted by atomic mass is 10.1. The second-order valence-electron chi connectivity index (χ2n) is 9.81. The van der Waals surface area contributed by atoms with E-state index in [9.17, 15) is 13.2 Å². The summed E-state index contributed by atoms with van der Waals surface area (Å²) in [6, 6.07) is 19.3. The first-order chi connectivity index (χ1) is 16.2. The fraction of sp³-hybridized carbons (Fsp3) is 0.481. The van der Waals surface area contributed by atoms with E-state index >= 15 is 0 Å². The van der Waals surface area contributed by atoms with Crippen molar-refractivity contribution in [3.05, 3.63) is 71.8 Å². The predicted molar refractivity (Wildman–Crippen MR) is 138 cm³/mol. The highest BCUT2D eigenvalue weighted by Gasteiger charge is 2.54. The van der Waals surface area contributed by atoms with Crippen molar-refractivity contribution in [1.82, 2.24) is 9.21 Å². The summed E-state index contributed by atoms with van der Waals surface area (Å²) in [7, 11) is -3.90. The molecule has 1 atom stereocenters. The van der Waals surface area contributed by atoms with Gasteiger partial charge in [-0.3, -0.25) is 14.7 Å². The summed E-state index contributed by atoms with van der Waals surface area (Å²) in [6.07, 6.45) is 3.00. The Morgan fingerprint density at radius 1 is 0.941 bits per heavy atom. The second kappa shape index (κ2) is 11.3. The van der Waals surface area contributed by atoms with Crippen LogP contribution in [-0.2, 0) is 21.4 Å². The Morgan fingerprint density at radius 3 is 2.12 bits per heavy atom. The molecule has 184 valence electrons. The average Bonchev–Trinajstić information content (AvgIpc) is 3.00. The van der Waals surface area contributed by atoms with Crippen molar-refractivity contribution >= 4 is 21.6 Å². The zero-order chi connectivity index (χ0) is 24.8. The lowest BCUT2D eigenvalue weighted by Crippen LogP contribution is -2.45. The molecule has 1 amide bonds. The molecule has 0 aliphatic carbocycles. The maximum atomic E-state index is 13.4. The number of hydrogen-bond acceptors (Lipinski definition) is 5. The van der Waals surface area contributed by atoms with Gasteiger partial charge in [-0.15, -0.1) is 0 Å². The van der Waals surface area contributed by atoms with Gasteiger partial charge in [-0.25, -0.2) is 12.7 Å². The Kier molecular flexibility index (Phi) is 8.66. The molecule has 0 N–H and O–H groups in total. The highest BCUT2D eigenvalue weighted by atomic mass is 32.2. The first kappa shape index (κ1) is 26.1. The minimum Gasteiger partial charge on any atom is -0.299 e. The van der Waals surface area contributed by atoms with Crippen LogP contribution in [0.4, 0.5) is 0 Å². The van der Waals surface area contributed by atoms with Gasteiger partial charge in [0.2, 0.25) is 0 Å². The van der Waals surface area contributed by atoms with E-state index in [1.165, 1.54) is 5.56 Å². The molecule has 1 aliphatic heterocycles. The number of aliphatic imine (C=N–C) groups is 1. The molecule has 0 radical (unpaired) electrons. The maximum Gasteiger partial charge on any atom is 0.283 e. The van der Waals surface area contributed by atoms with Gasteiger partial charge in [-0.1, -0.05) is 74.0 Å². The van der Waals surface area contributed by atoms with Crippen molar-refractivity contribution in [2.75, 3.05) is 19.6 Å². The van der Waals surface area contributed by atoms with Crippen LogP contribution in [0.25, 0.3) is 0 Å². The lowest BCUT2D eigenvalue weighted by Gasteiger charge is -2.30. The largest absolute Gasteiger partial charge is 0.299 e. The minimum absolute atomic E-state index is 0.129. The fourth-order valence-corrected chi connectivity index (χ4v) is 6.62. The summed E-state index contributed by atoms with van der Waals surface area (Å²) in [5.41, 5.74) is 1.12. The van der Waals surface area contributed by atoms with Crippen molar-refractivity contribution in [3.63, 3.8) is 0 Å². The SMILES string of the molecule is CCCCN(CCCN=C1C(=O)N(C(C)(C)C)S(=O)(=O)C1c1ccccc1)Cc1ccccc1. The van der Waals surface area contributed by atoms with E-state index in [1.54, 1.807) is 45.0 Å². The first-order valence-electron chi connectivity index (χ1n) is 12.1. The highest BCUT2D eigenvalue weighted by molar-refractivity contribution is 7.91. The molecular formula is C27H37N3O3S. The number of hydrogen-bond donors (Lipinski definition) is 0. The van der Waals surface area contributed by atoms with Crippen LogP contribution in [0.5, 0.6) is 0 Å². The third-order valence-corrected chi connectivity index (χ3v) is 8.22. The van der Waals surface area contributed by atoms with E-state index in [4.69, 9.17) is 0 Å². The van der Waals surface area contributed by atoms with Gasteiger partial charge in [0.25, 0.3) is 15.9 Å². The Balaban J connectivity index is 1.78. The summed E-state index contributed by atoms with van der Waals surface area (Å²) in [4.78, 5) is 20.3. The van der Waals surface area contributed by atoms with Crippen molar-refractivity contribution in [2.24, 2.45) is 4.99 Å². The van der Waals surface area contributed by atoms with Gasteiger partial charge < -0.3 is 0 Å². The van der Waals surface area contributed by atoms with Crippen LogP contribution in [0.3, 0.4) is 0 Å². The van der Waals surface area contributed by atoms with Crippen LogP contribution in [0, 0.1) is 0 Å². The summed E-state index contributed by atoms with van der Waals surface area (Å²) in [6.45, 7) is 10.5. The van der Waals surface area contributed by atoms with Crippen LogP contribution >= 0.6 is 0 Å². The molecule has 34 heavy (non-hydrogen) atoms. The van der Waals surface area contributed by atoms with Gasteiger partial charge in [0.05, 0.1) is 5.54 Å². The number of amides is 1. The Labute approximate surface area is 204 Å². The quantitative estimate of drug-likeness (QED) is 0.454. The normalized spacial score (nSPS) is 19.3. The van der Waals surface area contributed by atoms with Gasteiger partial charge >= 0.3 is 0 Å². The number of nitrogens with zero attached hydrogens (tertiary/aromatic N) is 3. The fourth-order valence-electron chi connectivity index (χ4n) is 4.36. The zero-order valence-electron chi connectivity index (χ0n) is 20.8. The summed E-state index contributed by atoms with van der Waals surface area (Å²) in [5, 5.41) is -1.05. The van der Waals surface area contributed by atoms with E-state index in [1.807, 2.05) is 12.1 Å². The standard InChI is InChI=1S/C27H37N3O3S/c1-5-6-19-29(21-22-14-9-7-10-15-22)20-13-18-28-24-25(23-16-11-8-12-17-23)34(32,33)30(26(24)31)27(2,3)4/h7-12,14-17,25H,5-6,13,18-21H2,1-4H3. The molecule has 7 heteroatoms. The van der Waals surface area contributed by atoms with Crippen molar-refractivity contribution in [3.8, 4) is 0 Å². The number of benzene rings is 2. The van der Waals surface area contributed by atoms with E-state index < -0.39 is 26.7 Å². The monoisotopic (exact) mass is 483 g/mol. The van der Waals surface area contributed by atoms with Gasteiger partial charge in [0, 0.05) is 19.6 Å². The van der Waals surface area contributed by atoms with Crippen LogP contribution in [0.15, 0.2) is 65.7 Å². The molecule has 1 fully saturated rings. The van der Waals surface area contributed by atoms with Crippen LogP contribution < -0.4 is 0 Å².